The fourth-order valence-electron chi connectivity index (χ4n) is 0.897. The maximum absolute atomic E-state index is 10.6. The lowest BCUT2D eigenvalue weighted by Gasteiger charge is -1.98. The minimum absolute atomic E-state index is 0.343. The van der Waals surface area contributed by atoms with Gasteiger partial charge in [0.15, 0.2) is 24.8 Å². The Labute approximate surface area is 119 Å². The standard InChI is InChI=1S/C6H3IN2O6.H3O4P/c10-5-2-3(8(12)13)1-4(9(14)15)6(5)7-11;1-5(2,3)4/h1-2,10H;(H3,1,2,3,4). The van der Waals surface area contributed by atoms with Crippen molar-refractivity contribution in [1.29, 1.82) is 0 Å². The Morgan fingerprint density at radius 2 is 1.55 bits per heavy atom. The molecule has 4 N–H and O–H groups in total. The maximum Gasteiger partial charge on any atom is 0.466 e. The molecule has 0 aliphatic carbocycles. The van der Waals surface area contributed by atoms with E-state index in [4.69, 9.17) is 19.2 Å². The Morgan fingerprint density at radius 1 is 1.10 bits per heavy atom. The van der Waals surface area contributed by atoms with Crippen LogP contribution >= 0.6 is 29.0 Å². The van der Waals surface area contributed by atoms with Crippen LogP contribution in [0.1, 0.15) is 0 Å². The SMILES string of the molecule is O=Ic1c(O)cc([N+](=O)[O-])cc1[N+](=O)[O-].O=P(O)(O)O. The number of benzene rings is 1. The first kappa shape index (κ1) is 18.5. The van der Waals surface area contributed by atoms with E-state index in [-0.39, 0.29) is 3.57 Å². The first-order valence-corrected chi connectivity index (χ1v) is 7.71. The van der Waals surface area contributed by atoms with Crippen LogP contribution in [0.4, 0.5) is 11.4 Å². The van der Waals surface area contributed by atoms with Gasteiger partial charge >= 0.3 is 7.82 Å². The molecular formula is C6H6IN2O10P. The number of phosphoric acid groups is 1. The van der Waals surface area contributed by atoms with Crippen molar-refractivity contribution in [3.63, 3.8) is 0 Å². The Hall–Kier alpha value is -1.54. The molecule has 1 rings (SSSR count). The van der Waals surface area contributed by atoms with E-state index in [1.165, 1.54) is 0 Å². The van der Waals surface area contributed by atoms with Gasteiger partial charge in [0.05, 0.1) is 22.0 Å². The second kappa shape index (κ2) is 7.30. The second-order valence-electron chi connectivity index (χ2n) is 2.90. The van der Waals surface area contributed by atoms with Crippen LogP contribution in [0.5, 0.6) is 5.75 Å². The number of halogens is 1. The van der Waals surface area contributed by atoms with Crippen LogP contribution in [0.15, 0.2) is 12.1 Å². The van der Waals surface area contributed by atoms with E-state index in [0.29, 0.717) is 6.07 Å². The van der Waals surface area contributed by atoms with Crippen molar-refractivity contribution < 1.29 is 37.3 Å². The molecule has 0 aliphatic rings. The average molecular weight is 424 g/mol. The third kappa shape index (κ3) is 6.58. The van der Waals surface area contributed by atoms with Crippen LogP contribution in [0.3, 0.4) is 0 Å². The Kier molecular flexibility index (Phi) is 6.74. The highest BCUT2D eigenvalue weighted by atomic mass is 127. The smallest absolute Gasteiger partial charge is 0.466 e. The number of rotatable bonds is 3. The van der Waals surface area contributed by atoms with Gasteiger partial charge in [0.25, 0.3) is 11.4 Å². The van der Waals surface area contributed by atoms with Crippen LogP contribution in [0, 0.1) is 23.8 Å². The Morgan fingerprint density at radius 3 is 1.85 bits per heavy atom. The van der Waals surface area contributed by atoms with Gasteiger partial charge in [-0.1, -0.05) is 0 Å². The van der Waals surface area contributed by atoms with Crippen molar-refractivity contribution in [3.05, 3.63) is 35.9 Å². The number of hydrogen-bond acceptors (Lipinski definition) is 7. The van der Waals surface area contributed by atoms with Gasteiger partial charge in [0.2, 0.25) is 0 Å². The molecule has 20 heavy (non-hydrogen) atoms. The van der Waals surface area contributed by atoms with Gasteiger partial charge < -0.3 is 19.8 Å². The van der Waals surface area contributed by atoms with Crippen LogP contribution < -0.4 is 0 Å². The molecule has 0 radical (unpaired) electrons. The van der Waals surface area contributed by atoms with Gasteiger partial charge in [-0.2, -0.15) is 0 Å². The highest BCUT2D eigenvalue weighted by Gasteiger charge is 2.24. The van der Waals surface area contributed by atoms with Gasteiger partial charge in [-0.05, 0) is 0 Å². The summed E-state index contributed by atoms with van der Waals surface area (Å²) in [6, 6.07) is 1.41. The topological polar surface area (TPSA) is 201 Å². The molecule has 0 spiro atoms. The molecule has 1 aromatic carbocycles. The van der Waals surface area contributed by atoms with E-state index in [9.17, 15) is 28.4 Å². The Balaban J connectivity index is 0.000000621. The number of aromatic hydroxyl groups is 1. The van der Waals surface area contributed by atoms with Crippen LogP contribution in [0.25, 0.3) is 0 Å². The molecule has 12 nitrogen and oxygen atoms in total. The summed E-state index contributed by atoms with van der Waals surface area (Å²) in [5, 5.41) is 30.0. The molecule has 0 unspecified atom stereocenters. The van der Waals surface area contributed by atoms with Crippen molar-refractivity contribution in [2.45, 2.75) is 0 Å². The molecule has 0 saturated heterocycles. The summed E-state index contributed by atoms with van der Waals surface area (Å²) in [6.45, 7) is 0. The van der Waals surface area contributed by atoms with Crippen LogP contribution in [-0.4, -0.2) is 29.6 Å². The van der Waals surface area contributed by atoms with Crippen molar-refractivity contribution in [2.24, 2.45) is 0 Å². The molecule has 0 bridgehead atoms. The normalized spacial score (nSPS) is 10.3. The molecule has 0 aromatic heterocycles. The summed E-state index contributed by atoms with van der Waals surface area (Å²) in [4.78, 5) is 40.6. The molecule has 14 heteroatoms. The zero-order valence-electron chi connectivity index (χ0n) is 9.11. The largest absolute Gasteiger partial charge is 0.506 e. The summed E-state index contributed by atoms with van der Waals surface area (Å²) < 4.78 is 19.2. The molecule has 0 amide bonds. The molecule has 112 valence electrons. The Bertz CT molecular complexity index is 589. The van der Waals surface area contributed by atoms with Gasteiger partial charge in [-0.3, -0.25) is 23.3 Å². The van der Waals surface area contributed by atoms with Gasteiger partial charge in [0.1, 0.15) is 5.75 Å². The van der Waals surface area contributed by atoms with E-state index in [1.54, 1.807) is 0 Å². The molecular weight excluding hydrogens is 418 g/mol. The predicted octanol–water partition coefficient (Wildman–Crippen LogP) is 0.766. The van der Waals surface area contributed by atoms with E-state index in [2.05, 4.69) is 0 Å². The summed E-state index contributed by atoms with van der Waals surface area (Å²) >= 11 is -1.96. The number of non-ortho nitro benzene ring substituents is 1. The van der Waals surface area contributed by atoms with E-state index in [1.807, 2.05) is 0 Å². The lowest BCUT2D eigenvalue weighted by molar-refractivity contribution is -0.394. The van der Waals surface area contributed by atoms with Gasteiger partial charge in [0, 0.05) is 0 Å². The summed E-state index contributed by atoms with van der Waals surface area (Å²) in [5.41, 5.74) is -1.30. The van der Waals surface area contributed by atoms with Gasteiger partial charge in [-0.25, -0.2) is 4.57 Å². The van der Waals surface area contributed by atoms with Crippen molar-refractivity contribution >= 4 is 40.4 Å². The van der Waals surface area contributed by atoms with E-state index >= 15 is 0 Å². The first-order chi connectivity index (χ1) is 8.97. The predicted molar refractivity (Wildman–Crippen MR) is 69.1 cm³/mol. The van der Waals surface area contributed by atoms with Gasteiger partial charge in [-0.15, -0.1) is 0 Å². The zero-order valence-corrected chi connectivity index (χ0v) is 12.2. The molecule has 0 heterocycles. The number of nitrogens with zero attached hydrogens (tertiary/aromatic N) is 2. The zero-order chi connectivity index (χ0) is 16.1. The average Bonchev–Trinajstić information content (AvgIpc) is 2.25. The minimum atomic E-state index is -4.64. The fourth-order valence-corrected chi connectivity index (χ4v) is 1.86. The molecule has 0 aliphatic heterocycles. The molecule has 1 aromatic rings. The maximum atomic E-state index is 10.6. The molecule has 0 atom stereocenters. The van der Waals surface area contributed by atoms with Crippen molar-refractivity contribution in [3.8, 4) is 5.75 Å². The van der Waals surface area contributed by atoms with Crippen LogP contribution in [-0.2, 0) is 7.63 Å². The summed E-state index contributed by atoms with van der Waals surface area (Å²) in [5.74, 6) is -0.682. The van der Waals surface area contributed by atoms with Crippen molar-refractivity contribution in [1.82, 2.24) is 0 Å². The fraction of sp³-hybridized carbons (Fsp3) is 0. The van der Waals surface area contributed by atoms with E-state index < -0.39 is 56.0 Å². The van der Waals surface area contributed by atoms with Crippen molar-refractivity contribution in [2.75, 3.05) is 0 Å². The molecule has 0 saturated carbocycles. The lowest BCUT2D eigenvalue weighted by Crippen LogP contribution is -1.95. The first-order valence-electron chi connectivity index (χ1n) is 4.18. The number of phenols is 1. The summed E-state index contributed by atoms with van der Waals surface area (Å²) in [6.07, 6.45) is 0. The monoisotopic (exact) mass is 424 g/mol. The van der Waals surface area contributed by atoms with E-state index in [0.717, 1.165) is 6.07 Å². The number of nitro groups is 2. The summed E-state index contributed by atoms with van der Waals surface area (Å²) in [7, 11) is -4.64. The second-order valence-corrected chi connectivity index (χ2v) is 5.45. The quantitative estimate of drug-likeness (QED) is 0.232. The highest BCUT2D eigenvalue weighted by molar-refractivity contribution is 14.1. The lowest BCUT2D eigenvalue weighted by atomic mass is 10.2. The third-order valence-electron chi connectivity index (χ3n) is 1.50. The highest BCUT2D eigenvalue weighted by Crippen LogP contribution is 2.35. The number of nitro benzene ring substituents is 2. The number of phenolic OH excluding ortho intramolecular Hbond substituents is 1. The minimum Gasteiger partial charge on any atom is -0.506 e. The number of hydrogen-bond donors (Lipinski definition) is 4. The third-order valence-corrected chi connectivity index (χ3v) is 3.05. The molecule has 0 fully saturated rings. The van der Waals surface area contributed by atoms with Crippen LogP contribution in [0.2, 0.25) is 0 Å².